The second-order valence-electron chi connectivity index (χ2n) is 5.29. The molecule has 0 saturated heterocycles. The van der Waals surface area contributed by atoms with Crippen LogP contribution in [0.5, 0.6) is 0 Å². The van der Waals surface area contributed by atoms with Gasteiger partial charge in [0.05, 0.1) is 11.0 Å². The van der Waals surface area contributed by atoms with Crippen molar-refractivity contribution in [2.24, 2.45) is 0 Å². The maximum atomic E-state index is 12.5. The van der Waals surface area contributed by atoms with Crippen molar-refractivity contribution in [3.63, 3.8) is 0 Å². The second kappa shape index (κ2) is 7.89. The van der Waals surface area contributed by atoms with Crippen LogP contribution in [0.15, 0.2) is 29.2 Å². The normalized spacial score (nSPS) is 15.1. The summed E-state index contributed by atoms with van der Waals surface area (Å²) in [6.07, 6.45) is 0.796. The van der Waals surface area contributed by atoms with Gasteiger partial charge in [-0.1, -0.05) is 19.1 Å². The third-order valence-corrected chi connectivity index (χ3v) is 5.44. The number of rotatable bonds is 8. The van der Waals surface area contributed by atoms with E-state index in [0.717, 1.165) is 12.0 Å². The third-order valence-electron chi connectivity index (χ3n) is 3.59. The van der Waals surface area contributed by atoms with Crippen LogP contribution in [0.1, 0.15) is 38.3 Å². The second-order valence-corrected chi connectivity index (χ2v) is 7.33. The highest BCUT2D eigenvalue weighted by Crippen LogP contribution is 2.22. The molecule has 0 saturated carbocycles. The van der Waals surface area contributed by atoms with E-state index in [2.05, 4.69) is 12.2 Å². The van der Waals surface area contributed by atoms with Gasteiger partial charge in [0.2, 0.25) is 10.0 Å². The van der Waals surface area contributed by atoms with Crippen molar-refractivity contribution in [3.8, 4) is 0 Å². The van der Waals surface area contributed by atoms with Crippen LogP contribution in [-0.4, -0.2) is 44.6 Å². The molecule has 0 aliphatic rings. The predicted octanol–water partition coefficient (Wildman–Crippen LogP) is 1.75. The molecule has 0 amide bonds. The zero-order valence-electron chi connectivity index (χ0n) is 13.2. The molecule has 0 aliphatic heterocycles. The Labute approximate surface area is 128 Å². The van der Waals surface area contributed by atoms with Crippen molar-refractivity contribution in [1.82, 2.24) is 9.62 Å². The summed E-state index contributed by atoms with van der Waals surface area (Å²) in [7, 11) is -0.106. The summed E-state index contributed by atoms with van der Waals surface area (Å²) in [5, 5.41) is 12.5. The first-order valence-corrected chi connectivity index (χ1v) is 8.68. The van der Waals surface area contributed by atoms with Gasteiger partial charge in [0.25, 0.3) is 0 Å². The van der Waals surface area contributed by atoms with Gasteiger partial charge in [-0.15, -0.1) is 0 Å². The summed E-state index contributed by atoms with van der Waals surface area (Å²) in [6.45, 7) is 4.00. The lowest BCUT2D eigenvalue weighted by Gasteiger charge is -2.20. The molecular weight excluding hydrogens is 288 g/mol. The third kappa shape index (κ3) is 4.78. The summed E-state index contributed by atoms with van der Waals surface area (Å²) in [6, 6.07) is 7.17. The van der Waals surface area contributed by atoms with Crippen molar-refractivity contribution in [1.29, 1.82) is 0 Å². The van der Waals surface area contributed by atoms with E-state index in [9.17, 15) is 13.5 Å². The zero-order chi connectivity index (χ0) is 16.0. The molecule has 1 aromatic rings. The Morgan fingerprint density at radius 3 is 2.57 bits per heavy atom. The van der Waals surface area contributed by atoms with E-state index >= 15 is 0 Å². The minimum atomic E-state index is -3.51. The average molecular weight is 314 g/mol. The summed E-state index contributed by atoms with van der Waals surface area (Å²) in [5.41, 5.74) is 0.963. The van der Waals surface area contributed by atoms with Crippen LogP contribution in [0.25, 0.3) is 0 Å². The number of aliphatic hydroxyl groups excluding tert-OH is 1. The highest BCUT2D eigenvalue weighted by Gasteiger charge is 2.21. The molecule has 0 aliphatic carbocycles. The van der Waals surface area contributed by atoms with E-state index in [4.69, 9.17) is 0 Å². The van der Waals surface area contributed by atoms with Gasteiger partial charge in [0.1, 0.15) is 0 Å². The molecule has 2 N–H and O–H groups in total. The predicted molar refractivity (Wildman–Crippen MR) is 84.6 cm³/mol. The zero-order valence-corrected chi connectivity index (χ0v) is 14.0. The molecule has 0 heterocycles. The number of sulfonamides is 1. The monoisotopic (exact) mass is 314 g/mol. The lowest BCUT2D eigenvalue weighted by molar-refractivity contribution is 0.177. The van der Waals surface area contributed by atoms with E-state index in [1.807, 2.05) is 13.1 Å². The van der Waals surface area contributed by atoms with Crippen LogP contribution in [-0.2, 0) is 10.0 Å². The Kier molecular flexibility index (Phi) is 6.80. The van der Waals surface area contributed by atoms with Crippen molar-refractivity contribution < 1.29 is 13.5 Å². The van der Waals surface area contributed by atoms with Crippen LogP contribution in [0.4, 0.5) is 0 Å². The number of nitrogens with zero attached hydrogens (tertiary/aromatic N) is 1. The van der Waals surface area contributed by atoms with Crippen molar-refractivity contribution in [2.45, 2.75) is 43.7 Å². The molecule has 2 unspecified atom stereocenters. The molecule has 2 atom stereocenters. The first-order valence-electron chi connectivity index (χ1n) is 7.24. The maximum absolute atomic E-state index is 12.5. The Balaban J connectivity index is 3.00. The molecule has 0 spiro atoms. The topological polar surface area (TPSA) is 69.6 Å². The standard InChI is InChI=1S/C15H26N2O3S/c1-5-15(16-3)13-7-6-8-14(11-13)21(19,20)17(4)10-9-12(2)18/h6-8,11-12,15-16,18H,5,9-10H2,1-4H3. The van der Waals surface area contributed by atoms with Crippen LogP contribution < -0.4 is 5.32 Å². The minimum Gasteiger partial charge on any atom is -0.393 e. The van der Waals surface area contributed by atoms with Crippen molar-refractivity contribution in [2.75, 3.05) is 20.6 Å². The highest BCUT2D eigenvalue weighted by molar-refractivity contribution is 7.89. The summed E-state index contributed by atoms with van der Waals surface area (Å²) < 4.78 is 26.3. The molecule has 1 aromatic carbocycles. The lowest BCUT2D eigenvalue weighted by Crippen LogP contribution is -2.29. The van der Waals surface area contributed by atoms with Gasteiger partial charge >= 0.3 is 0 Å². The van der Waals surface area contributed by atoms with E-state index in [-0.39, 0.29) is 6.04 Å². The van der Waals surface area contributed by atoms with Gasteiger partial charge in [-0.05, 0) is 44.5 Å². The molecule has 0 fully saturated rings. The Bertz CT molecular complexity index is 540. The summed E-state index contributed by atoms with van der Waals surface area (Å²) in [4.78, 5) is 0.293. The van der Waals surface area contributed by atoms with Crippen molar-refractivity contribution in [3.05, 3.63) is 29.8 Å². The number of benzene rings is 1. The van der Waals surface area contributed by atoms with E-state index < -0.39 is 16.1 Å². The smallest absolute Gasteiger partial charge is 0.242 e. The fraction of sp³-hybridized carbons (Fsp3) is 0.600. The average Bonchev–Trinajstić information content (AvgIpc) is 2.46. The lowest BCUT2D eigenvalue weighted by atomic mass is 10.1. The quantitative estimate of drug-likeness (QED) is 0.767. The fourth-order valence-corrected chi connectivity index (χ4v) is 3.41. The Hall–Kier alpha value is -0.950. The molecule has 0 bridgehead atoms. The largest absolute Gasteiger partial charge is 0.393 e. The van der Waals surface area contributed by atoms with Gasteiger partial charge < -0.3 is 10.4 Å². The van der Waals surface area contributed by atoms with Gasteiger partial charge in [-0.2, -0.15) is 0 Å². The SMILES string of the molecule is CCC(NC)c1cccc(S(=O)(=O)N(C)CCC(C)O)c1. The molecule has 5 nitrogen and oxygen atoms in total. The minimum absolute atomic E-state index is 0.142. The van der Waals surface area contributed by atoms with Crippen LogP contribution in [0.2, 0.25) is 0 Å². The van der Waals surface area contributed by atoms with E-state index in [1.165, 1.54) is 4.31 Å². The van der Waals surface area contributed by atoms with Crippen LogP contribution >= 0.6 is 0 Å². The molecule has 6 heteroatoms. The molecule has 120 valence electrons. The van der Waals surface area contributed by atoms with Crippen molar-refractivity contribution >= 4 is 10.0 Å². The number of nitrogens with one attached hydrogen (secondary N) is 1. The fourth-order valence-electron chi connectivity index (χ4n) is 2.17. The molecule has 0 radical (unpaired) electrons. The summed E-state index contributed by atoms with van der Waals surface area (Å²) in [5.74, 6) is 0. The van der Waals surface area contributed by atoms with Gasteiger partial charge in [-0.25, -0.2) is 12.7 Å². The highest BCUT2D eigenvalue weighted by atomic mass is 32.2. The maximum Gasteiger partial charge on any atom is 0.242 e. The van der Waals surface area contributed by atoms with E-state index in [1.54, 1.807) is 32.2 Å². The van der Waals surface area contributed by atoms with Gasteiger partial charge in [0, 0.05) is 19.6 Å². The number of aliphatic hydroxyl groups is 1. The van der Waals surface area contributed by atoms with E-state index in [0.29, 0.717) is 17.9 Å². The Morgan fingerprint density at radius 2 is 2.05 bits per heavy atom. The van der Waals surface area contributed by atoms with Crippen LogP contribution in [0.3, 0.4) is 0 Å². The van der Waals surface area contributed by atoms with Crippen LogP contribution in [0, 0.1) is 0 Å². The molecular formula is C15H26N2O3S. The molecule has 1 rings (SSSR count). The number of hydrogen-bond donors (Lipinski definition) is 2. The Morgan fingerprint density at radius 1 is 1.38 bits per heavy atom. The first kappa shape index (κ1) is 18.1. The molecule has 0 aromatic heterocycles. The van der Waals surface area contributed by atoms with Gasteiger partial charge in [-0.3, -0.25) is 0 Å². The first-order chi connectivity index (χ1) is 9.82. The summed E-state index contributed by atoms with van der Waals surface area (Å²) >= 11 is 0. The molecule has 21 heavy (non-hydrogen) atoms. The number of hydrogen-bond acceptors (Lipinski definition) is 4. The van der Waals surface area contributed by atoms with Gasteiger partial charge in [0.15, 0.2) is 0 Å².